The maximum atomic E-state index is 12.2. The predicted molar refractivity (Wildman–Crippen MR) is 93.1 cm³/mol. The second kappa shape index (κ2) is 6.72. The molecule has 0 radical (unpaired) electrons. The van der Waals surface area contributed by atoms with Gasteiger partial charge in [-0.1, -0.05) is 42.5 Å². The van der Waals surface area contributed by atoms with Crippen LogP contribution in [0.15, 0.2) is 64.0 Å². The second-order valence-corrected chi connectivity index (χ2v) is 6.36. The highest BCUT2D eigenvalue weighted by Gasteiger charge is 2.30. The van der Waals surface area contributed by atoms with Crippen LogP contribution in [0.1, 0.15) is 5.56 Å². The molecule has 2 heterocycles. The number of amidine groups is 1. The van der Waals surface area contributed by atoms with Crippen molar-refractivity contribution in [3.05, 3.63) is 64.5 Å². The molecule has 1 aromatic heterocycles. The second-order valence-electron chi connectivity index (χ2n) is 4.48. The predicted octanol–water partition coefficient (Wildman–Crippen LogP) is 3.93. The Hall–Kier alpha value is -2.18. The van der Waals surface area contributed by atoms with Crippen LogP contribution in [0, 0.1) is 0 Å². The van der Waals surface area contributed by atoms with Crippen molar-refractivity contribution in [1.82, 2.24) is 9.88 Å². The van der Waals surface area contributed by atoms with Crippen LogP contribution in [0.3, 0.4) is 0 Å². The number of carbonyl (C=O) groups excluding carboxylic acids is 1. The largest absolute Gasteiger partial charge is 0.289 e. The first-order valence-corrected chi connectivity index (χ1v) is 8.31. The Morgan fingerprint density at radius 2 is 2.09 bits per heavy atom. The fourth-order valence-electron chi connectivity index (χ4n) is 1.83. The van der Waals surface area contributed by atoms with E-state index in [2.05, 4.69) is 9.98 Å². The van der Waals surface area contributed by atoms with E-state index in [1.807, 2.05) is 53.9 Å². The number of hydrogen-bond acceptors (Lipinski definition) is 5. The average Bonchev–Trinajstić information content (AvgIpc) is 3.13. The van der Waals surface area contributed by atoms with E-state index in [4.69, 9.17) is 0 Å². The lowest BCUT2D eigenvalue weighted by Crippen LogP contribution is -2.23. The summed E-state index contributed by atoms with van der Waals surface area (Å²) in [4.78, 5) is 22.9. The van der Waals surface area contributed by atoms with E-state index in [0.29, 0.717) is 15.2 Å². The molecule has 0 unspecified atom stereocenters. The summed E-state index contributed by atoms with van der Waals surface area (Å²) in [7, 11) is 1.73. The van der Waals surface area contributed by atoms with Gasteiger partial charge in [0, 0.05) is 18.6 Å². The van der Waals surface area contributed by atoms with Crippen molar-refractivity contribution < 1.29 is 4.79 Å². The number of thiazole rings is 1. The summed E-state index contributed by atoms with van der Waals surface area (Å²) in [5.41, 5.74) is 1.10. The van der Waals surface area contributed by atoms with Crippen LogP contribution in [0.4, 0.5) is 5.13 Å². The van der Waals surface area contributed by atoms with Gasteiger partial charge in [0.1, 0.15) is 0 Å². The monoisotopic (exact) mass is 327 g/mol. The Balaban J connectivity index is 1.76. The highest BCUT2D eigenvalue weighted by atomic mass is 32.2. The number of benzene rings is 1. The Kier molecular flexibility index (Phi) is 4.50. The zero-order valence-electron chi connectivity index (χ0n) is 11.8. The average molecular weight is 327 g/mol. The summed E-state index contributed by atoms with van der Waals surface area (Å²) in [6, 6.07) is 9.96. The summed E-state index contributed by atoms with van der Waals surface area (Å²) in [5, 5.41) is 3.17. The minimum atomic E-state index is -0.0435. The minimum Gasteiger partial charge on any atom is -0.289 e. The number of aliphatic imine (C=N–C) groups is 1. The molecule has 0 bridgehead atoms. The van der Waals surface area contributed by atoms with Gasteiger partial charge in [0.15, 0.2) is 5.17 Å². The van der Waals surface area contributed by atoms with Crippen LogP contribution in [-0.2, 0) is 4.79 Å². The van der Waals surface area contributed by atoms with E-state index in [-0.39, 0.29) is 5.91 Å². The van der Waals surface area contributed by atoms with Gasteiger partial charge < -0.3 is 0 Å². The molecule has 1 fully saturated rings. The molecule has 1 amide bonds. The zero-order valence-corrected chi connectivity index (χ0v) is 13.5. The normalized spacial score (nSPS) is 19.0. The Morgan fingerprint density at radius 3 is 2.82 bits per heavy atom. The minimum absolute atomic E-state index is 0.0435. The summed E-state index contributed by atoms with van der Waals surface area (Å²) < 4.78 is 0. The molecule has 1 saturated heterocycles. The number of nitrogens with zero attached hydrogens (tertiary/aromatic N) is 3. The smallest absolute Gasteiger partial charge is 0.266 e. The van der Waals surface area contributed by atoms with Gasteiger partial charge >= 0.3 is 0 Å². The Labute approximate surface area is 136 Å². The number of likely N-dealkylation sites (N-methyl/N-ethyl adjacent to an activating group) is 1. The van der Waals surface area contributed by atoms with Gasteiger partial charge in [-0.2, -0.15) is 4.99 Å². The van der Waals surface area contributed by atoms with Crippen molar-refractivity contribution in [2.24, 2.45) is 4.99 Å². The molecule has 1 aromatic carbocycles. The van der Waals surface area contributed by atoms with Gasteiger partial charge in [-0.3, -0.25) is 9.69 Å². The number of rotatable bonds is 3. The van der Waals surface area contributed by atoms with Gasteiger partial charge in [-0.05, 0) is 23.4 Å². The quantitative estimate of drug-likeness (QED) is 0.802. The molecular weight excluding hydrogens is 314 g/mol. The van der Waals surface area contributed by atoms with Crippen molar-refractivity contribution in [3.8, 4) is 0 Å². The number of thioether (sulfide) groups is 1. The number of amides is 1. The molecule has 110 valence electrons. The first-order chi connectivity index (χ1) is 10.7. The first-order valence-electron chi connectivity index (χ1n) is 6.61. The summed E-state index contributed by atoms with van der Waals surface area (Å²) in [6.07, 6.45) is 7.37. The molecule has 3 rings (SSSR count). The van der Waals surface area contributed by atoms with Crippen LogP contribution < -0.4 is 0 Å². The van der Waals surface area contributed by atoms with E-state index in [1.54, 1.807) is 18.1 Å². The third kappa shape index (κ3) is 3.35. The van der Waals surface area contributed by atoms with Crippen molar-refractivity contribution in [2.45, 2.75) is 0 Å². The molecule has 0 atom stereocenters. The third-order valence-corrected chi connectivity index (χ3v) is 4.69. The van der Waals surface area contributed by atoms with Crippen molar-refractivity contribution in [1.29, 1.82) is 0 Å². The first kappa shape index (κ1) is 14.7. The molecule has 0 spiro atoms. The molecular formula is C16H13N3OS2. The van der Waals surface area contributed by atoms with Gasteiger partial charge in [0.05, 0.1) is 4.91 Å². The van der Waals surface area contributed by atoms with Gasteiger partial charge in [0.2, 0.25) is 5.13 Å². The SMILES string of the molecule is CN1C(=O)/C(=C/C=C/c2ccccc2)S/C1=N/c1nccs1. The zero-order chi connectivity index (χ0) is 15.4. The van der Waals surface area contributed by atoms with E-state index < -0.39 is 0 Å². The van der Waals surface area contributed by atoms with Gasteiger partial charge in [-0.25, -0.2) is 4.98 Å². The molecule has 4 nitrogen and oxygen atoms in total. The van der Waals surface area contributed by atoms with Gasteiger partial charge in [0.25, 0.3) is 5.91 Å². The maximum absolute atomic E-state index is 12.2. The van der Waals surface area contributed by atoms with E-state index in [1.165, 1.54) is 23.1 Å². The molecule has 0 saturated carbocycles. The highest BCUT2D eigenvalue weighted by Crippen LogP contribution is 2.32. The molecule has 2 aromatic rings. The van der Waals surface area contributed by atoms with Gasteiger partial charge in [-0.15, -0.1) is 11.3 Å². The molecule has 6 heteroatoms. The topological polar surface area (TPSA) is 45.6 Å². The van der Waals surface area contributed by atoms with Crippen LogP contribution >= 0.6 is 23.1 Å². The number of aromatic nitrogens is 1. The summed E-state index contributed by atoms with van der Waals surface area (Å²) in [6.45, 7) is 0. The number of carbonyl (C=O) groups is 1. The standard InChI is InChI=1S/C16H13N3OS2/c1-19-14(20)13(9-5-8-12-6-3-2-4-7-12)22-16(19)18-15-17-10-11-21-15/h2-11H,1H3/b8-5+,13-9-,18-16+. The van der Waals surface area contributed by atoms with Crippen LogP contribution in [-0.4, -0.2) is 28.0 Å². The van der Waals surface area contributed by atoms with Crippen molar-refractivity contribution in [2.75, 3.05) is 7.05 Å². The summed E-state index contributed by atoms with van der Waals surface area (Å²) in [5.74, 6) is -0.0435. The van der Waals surface area contributed by atoms with Crippen LogP contribution in [0.5, 0.6) is 0 Å². The lowest BCUT2D eigenvalue weighted by molar-refractivity contribution is -0.121. The molecule has 0 aliphatic carbocycles. The maximum Gasteiger partial charge on any atom is 0.266 e. The third-order valence-electron chi connectivity index (χ3n) is 2.95. The molecule has 22 heavy (non-hydrogen) atoms. The van der Waals surface area contributed by atoms with Crippen LogP contribution in [0.25, 0.3) is 6.08 Å². The lowest BCUT2D eigenvalue weighted by Gasteiger charge is -2.05. The lowest BCUT2D eigenvalue weighted by atomic mass is 10.2. The molecule has 0 N–H and O–H groups in total. The summed E-state index contributed by atoms with van der Waals surface area (Å²) >= 11 is 2.81. The Morgan fingerprint density at radius 1 is 1.27 bits per heavy atom. The Bertz CT molecular complexity index is 749. The highest BCUT2D eigenvalue weighted by molar-refractivity contribution is 8.18. The molecule has 1 aliphatic rings. The van der Waals surface area contributed by atoms with E-state index >= 15 is 0 Å². The van der Waals surface area contributed by atoms with E-state index in [0.717, 1.165) is 5.56 Å². The fraction of sp³-hybridized carbons (Fsp3) is 0.0625. The number of allylic oxidation sites excluding steroid dienone is 2. The van der Waals surface area contributed by atoms with Crippen molar-refractivity contribution in [3.63, 3.8) is 0 Å². The number of hydrogen-bond donors (Lipinski definition) is 0. The van der Waals surface area contributed by atoms with Crippen molar-refractivity contribution >= 4 is 45.4 Å². The van der Waals surface area contributed by atoms with Crippen LogP contribution in [0.2, 0.25) is 0 Å². The molecule has 1 aliphatic heterocycles. The van der Waals surface area contributed by atoms with E-state index in [9.17, 15) is 4.79 Å². The fourth-order valence-corrected chi connectivity index (χ4v) is 3.31.